The van der Waals surface area contributed by atoms with Crippen molar-refractivity contribution in [3.05, 3.63) is 71.9 Å². The summed E-state index contributed by atoms with van der Waals surface area (Å²) in [6, 6.07) is 16.6. The van der Waals surface area contributed by atoms with E-state index in [1.54, 1.807) is 13.1 Å². The van der Waals surface area contributed by atoms with Crippen molar-refractivity contribution in [3.63, 3.8) is 0 Å². The van der Waals surface area contributed by atoms with Gasteiger partial charge in [0.05, 0.1) is 12.6 Å². The van der Waals surface area contributed by atoms with Gasteiger partial charge in [-0.25, -0.2) is 4.79 Å². The first-order chi connectivity index (χ1) is 13.9. The van der Waals surface area contributed by atoms with Crippen LogP contribution < -0.4 is 10.6 Å². The number of hydrogen-bond acceptors (Lipinski definition) is 3. The van der Waals surface area contributed by atoms with Crippen LogP contribution in [0.5, 0.6) is 0 Å². The summed E-state index contributed by atoms with van der Waals surface area (Å²) in [7, 11) is 0. The number of benzene rings is 2. The van der Waals surface area contributed by atoms with E-state index < -0.39 is 23.6 Å². The predicted octanol–water partition coefficient (Wildman–Crippen LogP) is 2.46. The minimum Gasteiger partial charge on any atom is -0.465 e. The largest absolute Gasteiger partial charge is 0.465 e. The Morgan fingerprint density at radius 2 is 1.79 bits per heavy atom. The van der Waals surface area contributed by atoms with Crippen LogP contribution in [-0.2, 0) is 17.6 Å². The molecule has 1 unspecified atom stereocenters. The van der Waals surface area contributed by atoms with Crippen LogP contribution in [0.3, 0.4) is 0 Å². The van der Waals surface area contributed by atoms with Crippen molar-refractivity contribution in [2.75, 3.05) is 6.61 Å². The molecule has 7 heteroatoms. The van der Waals surface area contributed by atoms with Crippen molar-refractivity contribution >= 4 is 22.9 Å². The number of fused-ring (bicyclic) bond motifs is 1. The summed E-state index contributed by atoms with van der Waals surface area (Å²) < 4.78 is 0. The summed E-state index contributed by atoms with van der Waals surface area (Å²) >= 11 is 0. The average molecular weight is 395 g/mol. The summed E-state index contributed by atoms with van der Waals surface area (Å²) in [6.07, 6.45) is 1.11. The second-order valence-electron chi connectivity index (χ2n) is 7.34. The lowest BCUT2D eigenvalue weighted by Gasteiger charge is -2.30. The van der Waals surface area contributed by atoms with E-state index >= 15 is 0 Å². The SMILES string of the molecule is C[C@](Cc1c[nH]c2ccccc12)(NC(=O)O)C(=O)NC(CO)Cc1ccccc1. The van der Waals surface area contributed by atoms with Gasteiger partial charge in [0.2, 0.25) is 5.91 Å². The topological polar surface area (TPSA) is 114 Å². The summed E-state index contributed by atoms with van der Waals surface area (Å²) in [5, 5.41) is 25.1. The van der Waals surface area contributed by atoms with Gasteiger partial charge in [-0.2, -0.15) is 0 Å². The maximum atomic E-state index is 13.1. The van der Waals surface area contributed by atoms with Crippen molar-refractivity contribution < 1.29 is 19.8 Å². The van der Waals surface area contributed by atoms with Crippen molar-refractivity contribution in [2.24, 2.45) is 0 Å². The zero-order chi connectivity index (χ0) is 20.9. The standard InChI is InChI=1S/C22H25N3O4/c1-22(25-21(28)29,12-16-13-23-19-10-6-5-9-18(16)19)20(27)24-17(14-26)11-15-7-3-2-4-8-15/h2-10,13,17,23,25-26H,11-12,14H2,1H3,(H,24,27)(H,28,29)/t17?,22-/m1/s1. The van der Waals surface area contributed by atoms with Crippen LogP contribution in [0.2, 0.25) is 0 Å². The number of carboxylic acid groups (broad SMARTS) is 1. The second-order valence-corrected chi connectivity index (χ2v) is 7.34. The molecule has 0 aliphatic heterocycles. The van der Waals surface area contributed by atoms with Crippen molar-refractivity contribution in [1.29, 1.82) is 0 Å². The molecule has 152 valence electrons. The highest BCUT2D eigenvalue weighted by Gasteiger charge is 2.37. The van der Waals surface area contributed by atoms with Gasteiger partial charge in [-0.3, -0.25) is 4.79 Å². The van der Waals surface area contributed by atoms with E-state index in [2.05, 4.69) is 15.6 Å². The van der Waals surface area contributed by atoms with Gasteiger partial charge in [-0.05, 0) is 30.5 Å². The Balaban J connectivity index is 1.80. The molecule has 2 aromatic carbocycles. The van der Waals surface area contributed by atoms with E-state index in [1.165, 1.54) is 0 Å². The van der Waals surface area contributed by atoms with Gasteiger partial charge in [0.1, 0.15) is 5.54 Å². The first kappa shape index (κ1) is 20.4. The summed E-state index contributed by atoms with van der Waals surface area (Å²) in [4.78, 5) is 27.6. The maximum absolute atomic E-state index is 13.1. The van der Waals surface area contributed by atoms with Crippen molar-refractivity contribution in [3.8, 4) is 0 Å². The fourth-order valence-corrected chi connectivity index (χ4v) is 3.48. The predicted molar refractivity (Wildman–Crippen MR) is 111 cm³/mol. The zero-order valence-electron chi connectivity index (χ0n) is 16.2. The van der Waals surface area contributed by atoms with Crippen molar-refractivity contribution in [1.82, 2.24) is 15.6 Å². The van der Waals surface area contributed by atoms with E-state index in [-0.39, 0.29) is 13.0 Å². The number of para-hydroxylation sites is 1. The molecule has 0 saturated heterocycles. The van der Waals surface area contributed by atoms with Crippen LogP contribution in [-0.4, -0.2) is 45.4 Å². The van der Waals surface area contributed by atoms with E-state index in [9.17, 15) is 19.8 Å². The molecule has 0 saturated carbocycles. The Morgan fingerprint density at radius 1 is 1.10 bits per heavy atom. The Kier molecular flexibility index (Phi) is 6.19. The van der Waals surface area contributed by atoms with Gasteiger partial charge in [0.15, 0.2) is 0 Å². The van der Waals surface area contributed by atoms with E-state index in [1.807, 2.05) is 54.6 Å². The third-order valence-electron chi connectivity index (χ3n) is 4.98. The molecule has 3 aromatic rings. The Hall–Kier alpha value is -3.32. The fraction of sp³-hybridized carbons (Fsp3) is 0.273. The second kappa shape index (κ2) is 8.79. The normalized spacial score (nSPS) is 14.1. The summed E-state index contributed by atoms with van der Waals surface area (Å²) in [5.41, 5.74) is 1.31. The molecule has 1 heterocycles. The van der Waals surface area contributed by atoms with Gasteiger partial charge in [0.25, 0.3) is 0 Å². The number of nitrogens with one attached hydrogen (secondary N) is 3. The molecule has 7 nitrogen and oxygen atoms in total. The minimum atomic E-state index is -1.40. The molecule has 0 fully saturated rings. The highest BCUT2D eigenvalue weighted by molar-refractivity contribution is 5.91. The molecule has 3 rings (SSSR count). The van der Waals surface area contributed by atoms with Crippen LogP contribution in [0.15, 0.2) is 60.8 Å². The highest BCUT2D eigenvalue weighted by atomic mass is 16.4. The number of hydrogen-bond donors (Lipinski definition) is 5. The van der Waals surface area contributed by atoms with Gasteiger partial charge in [0, 0.05) is 23.5 Å². The lowest BCUT2D eigenvalue weighted by molar-refractivity contribution is -0.127. The number of H-pyrrole nitrogens is 1. The molecule has 0 radical (unpaired) electrons. The number of rotatable bonds is 8. The van der Waals surface area contributed by atoms with Gasteiger partial charge >= 0.3 is 6.09 Å². The van der Waals surface area contributed by atoms with Crippen LogP contribution in [0.25, 0.3) is 10.9 Å². The fourth-order valence-electron chi connectivity index (χ4n) is 3.48. The molecule has 0 spiro atoms. The van der Waals surface area contributed by atoms with Crippen molar-refractivity contribution in [2.45, 2.75) is 31.3 Å². The Bertz CT molecular complexity index is 986. The number of aliphatic hydroxyl groups excluding tert-OH is 1. The molecule has 0 bridgehead atoms. The third-order valence-corrected chi connectivity index (χ3v) is 4.98. The molecule has 5 N–H and O–H groups in total. The average Bonchev–Trinajstić information content (AvgIpc) is 3.10. The van der Waals surface area contributed by atoms with Crippen LogP contribution in [0.1, 0.15) is 18.1 Å². The molecular weight excluding hydrogens is 370 g/mol. The number of amides is 2. The molecule has 2 amide bonds. The maximum Gasteiger partial charge on any atom is 0.405 e. The molecule has 29 heavy (non-hydrogen) atoms. The van der Waals surface area contributed by atoms with Gasteiger partial charge in [-0.1, -0.05) is 48.5 Å². The molecule has 1 aromatic heterocycles. The highest BCUT2D eigenvalue weighted by Crippen LogP contribution is 2.23. The van der Waals surface area contributed by atoms with Gasteiger partial charge < -0.3 is 25.8 Å². The number of carbonyl (C=O) groups excluding carboxylic acids is 1. The van der Waals surface area contributed by atoms with E-state index in [0.717, 1.165) is 22.0 Å². The monoisotopic (exact) mass is 395 g/mol. The molecule has 2 atom stereocenters. The first-order valence-electron chi connectivity index (χ1n) is 9.43. The zero-order valence-corrected chi connectivity index (χ0v) is 16.2. The summed E-state index contributed by atoms with van der Waals surface area (Å²) in [5.74, 6) is -0.486. The van der Waals surface area contributed by atoms with Crippen LogP contribution in [0.4, 0.5) is 4.79 Å². The minimum absolute atomic E-state index is 0.165. The number of aromatic amines is 1. The molecule has 0 aliphatic carbocycles. The van der Waals surface area contributed by atoms with E-state index in [0.29, 0.717) is 6.42 Å². The van der Waals surface area contributed by atoms with Gasteiger partial charge in [-0.15, -0.1) is 0 Å². The van der Waals surface area contributed by atoms with Crippen LogP contribution >= 0.6 is 0 Å². The third kappa shape index (κ3) is 4.94. The number of aromatic nitrogens is 1. The smallest absolute Gasteiger partial charge is 0.405 e. The lowest BCUT2D eigenvalue weighted by Crippen LogP contribution is -2.60. The first-order valence-corrected chi connectivity index (χ1v) is 9.43. The lowest BCUT2D eigenvalue weighted by atomic mass is 9.91. The number of aliphatic hydroxyl groups is 1. The Labute approximate surface area is 168 Å². The van der Waals surface area contributed by atoms with Crippen LogP contribution in [0, 0.1) is 0 Å². The van der Waals surface area contributed by atoms with E-state index in [4.69, 9.17) is 0 Å². The Morgan fingerprint density at radius 3 is 2.48 bits per heavy atom. The summed E-state index contributed by atoms with van der Waals surface area (Å²) in [6.45, 7) is 1.30. The molecule has 0 aliphatic rings. The quantitative estimate of drug-likeness (QED) is 0.403. The number of carbonyl (C=O) groups is 2. The molecular formula is C22H25N3O4.